The first-order valence-corrected chi connectivity index (χ1v) is 22.1. The van der Waals surface area contributed by atoms with Gasteiger partial charge in [0.05, 0.1) is 69.2 Å². The minimum atomic E-state index is 0.649. The Labute approximate surface area is 315 Å². The van der Waals surface area contributed by atoms with Gasteiger partial charge in [0.15, 0.2) is 23.0 Å². The van der Waals surface area contributed by atoms with Gasteiger partial charge < -0.3 is 28.4 Å². The molecule has 0 atom stereocenters. The molecule has 0 aliphatic carbocycles. The van der Waals surface area contributed by atoms with Gasteiger partial charge in [-0.25, -0.2) is 0 Å². The lowest BCUT2D eigenvalue weighted by Gasteiger charge is -2.17. The normalized spacial score (nSPS) is 12.7. The summed E-state index contributed by atoms with van der Waals surface area (Å²) in [5.41, 5.74) is 0. The van der Waals surface area contributed by atoms with Gasteiger partial charge >= 0.3 is 0 Å². The van der Waals surface area contributed by atoms with Crippen molar-refractivity contribution in [1.29, 1.82) is 0 Å². The summed E-state index contributed by atoms with van der Waals surface area (Å²) in [6.45, 7) is 17.2. The molecule has 1 aliphatic heterocycles. The van der Waals surface area contributed by atoms with E-state index in [0.717, 1.165) is 140 Å². The molecule has 0 saturated heterocycles. The second kappa shape index (κ2) is 16.5. The maximum absolute atomic E-state index is 6.82. The minimum absolute atomic E-state index is 0.649. The van der Waals surface area contributed by atoms with Gasteiger partial charge in [-0.1, -0.05) is 80.1 Å². The fourth-order valence-electron chi connectivity index (χ4n) is 7.00. The predicted molar refractivity (Wildman–Crippen MR) is 218 cm³/mol. The summed E-state index contributed by atoms with van der Waals surface area (Å²) < 4.78 is 45.5. The second-order valence-corrected chi connectivity index (χ2v) is 16.8. The van der Waals surface area contributed by atoms with Crippen molar-refractivity contribution in [3.63, 3.8) is 0 Å². The summed E-state index contributed by atoms with van der Waals surface area (Å²) in [5, 5.41) is 7.60. The van der Waals surface area contributed by atoms with Gasteiger partial charge in [0.25, 0.3) is 21.6 Å². The number of unbranched alkanes of at least 4 members (excludes halogenated alkanes) is 6. The maximum Gasteiger partial charge on any atom is 0.294 e. The minimum Gasteiger partial charge on any atom is -0.488 e. The van der Waals surface area contributed by atoms with Gasteiger partial charge in [-0.3, -0.25) is 0 Å². The van der Waals surface area contributed by atoms with Crippen molar-refractivity contribution in [2.75, 3.05) is 39.6 Å². The monoisotopic (exact) mass is 750 g/mol. The predicted octanol–water partition coefficient (Wildman–Crippen LogP) is 13.3. The number of benzene rings is 4. The average Bonchev–Trinajstić information content (AvgIpc) is 3.83. The van der Waals surface area contributed by atoms with Crippen molar-refractivity contribution < 1.29 is 28.4 Å². The Hall–Kier alpha value is -2.75. The van der Waals surface area contributed by atoms with Crippen molar-refractivity contribution in [3.05, 3.63) is 0 Å². The van der Waals surface area contributed by atoms with Crippen LogP contribution in [0.4, 0.5) is 0 Å². The summed E-state index contributed by atoms with van der Waals surface area (Å²) in [6.07, 6.45) is 12.3. The Bertz CT molecular complexity index is 1930. The Kier molecular flexibility index (Phi) is 11.8. The number of hydrogen-bond acceptors (Lipinski definition) is 9. The molecular weight excluding hydrogens is 697 g/mol. The Morgan fingerprint density at radius 1 is 0.333 bits per heavy atom. The standard InChI is InChI=1S/C42H54O6S3/c1-7-13-19-43-31-32(44-20-14-8-2)38-26-25-27-29-30-28(26)40(50-38)35(47-23-17-11-5)36(48-24-18-12-6)42(30)51-41(29)34(46-22-16-10-4)33(45-21-15-9-3)39(27)49-37(25)31/h7-24H2,1-6H3/q+1. The summed E-state index contributed by atoms with van der Waals surface area (Å²) in [7, 11) is 0. The van der Waals surface area contributed by atoms with E-state index in [1.54, 1.807) is 34.4 Å². The molecule has 4 aromatic carbocycles. The zero-order chi connectivity index (χ0) is 35.5. The average molecular weight is 751 g/mol. The SMILES string of the molecule is CCCCOc1c(OCCCC)c2sc3c(OCCCC)c(OCCCC)c4sc5c(OCCCC)c(OCCCC)c6c7c(c1[S+]6)c2c3c4c57. The lowest BCUT2D eigenvalue weighted by molar-refractivity contribution is 0.259. The van der Waals surface area contributed by atoms with Gasteiger partial charge in [0.2, 0.25) is 11.5 Å². The van der Waals surface area contributed by atoms with Crippen molar-refractivity contribution in [2.45, 2.75) is 128 Å². The van der Waals surface area contributed by atoms with E-state index in [2.05, 4.69) is 41.5 Å². The zero-order valence-corrected chi connectivity index (χ0v) is 33.9. The van der Waals surface area contributed by atoms with E-state index in [1.807, 2.05) is 0 Å². The molecule has 7 rings (SSSR count). The molecule has 0 spiro atoms. The van der Waals surface area contributed by atoms with Crippen molar-refractivity contribution >= 4 is 85.6 Å². The number of hydrogen-bond donors (Lipinski definition) is 0. The fraction of sp³-hybridized carbons (Fsp3) is 0.571. The summed E-state index contributed by atoms with van der Waals surface area (Å²) in [5.74, 6) is 5.24. The molecule has 0 bridgehead atoms. The molecule has 6 nitrogen and oxygen atoms in total. The van der Waals surface area contributed by atoms with Crippen molar-refractivity contribution in [3.8, 4) is 34.5 Å². The topological polar surface area (TPSA) is 55.4 Å². The third kappa shape index (κ3) is 6.37. The Morgan fingerprint density at radius 3 is 0.843 bits per heavy atom. The molecule has 0 amide bonds. The first kappa shape index (κ1) is 36.6. The number of rotatable bonds is 24. The van der Waals surface area contributed by atoms with Crippen LogP contribution in [0.2, 0.25) is 0 Å². The van der Waals surface area contributed by atoms with E-state index < -0.39 is 0 Å². The zero-order valence-electron chi connectivity index (χ0n) is 31.4. The summed E-state index contributed by atoms with van der Waals surface area (Å²) >= 11 is 5.37. The highest BCUT2D eigenvalue weighted by Crippen LogP contribution is 2.66. The van der Waals surface area contributed by atoms with Gasteiger partial charge in [-0.05, 0) is 38.5 Å². The second-order valence-electron chi connectivity index (χ2n) is 13.7. The molecule has 2 aromatic heterocycles. The van der Waals surface area contributed by atoms with Crippen LogP contribution >= 0.6 is 22.7 Å². The molecule has 6 aromatic rings. The van der Waals surface area contributed by atoms with Gasteiger partial charge in [0.1, 0.15) is 0 Å². The fourth-order valence-corrected chi connectivity index (χ4v) is 10.9. The quantitative estimate of drug-likeness (QED) is 0.0346. The van der Waals surface area contributed by atoms with Crippen LogP contribution in [0.1, 0.15) is 119 Å². The lowest BCUT2D eigenvalue weighted by Crippen LogP contribution is -2.05. The largest absolute Gasteiger partial charge is 0.488 e. The molecule has 0 unspecified atom stereocenters. The van der Waals surface area contributed by atoms with E-state index in [1.165, 1.54) is 32.3 Å². The molecule has 275 valence electrons. The smallest absolute Gasteiger partial charge is 0.294 e. The van der Waals surface area contributed by atoms with Crippen molar-refractivity contribution in [2.24, 2.45) is 0 Å². The highest BCUT2D eigenvalue weighted by atomic mass is 32.2. The van der Waals surface area contributed by atoms with Crippen molar-refractivity contribution in [1.82, 2.24) is 0 Å². The van der Waals surface area contributed by atoms with Crippen LogP contribution in [-0.2, 0) is 11.8 Å². The van der Waals surface area contributed by atoms with E-state index in [4.69, 9.17) is 28.4 Å². The molecule has 1 radical (unpaired) electrons. The summed E-state index contributed by atoms with van der Waals surface area (Å²) in [6, 6.07) is 0. The molecule has 0 N–H and O–H groups in total. The van der Waals surface area contributed by atoms with E-state index in [-0.39, 0.29) is 0 Å². The van der Waals surface area contributed by atoms with Gasteiger partial charge in [0, 0.05) is 21.5 Å². The first-order chi connectivity index (χ1) is 25.1. The van der Waals surface area contributed by atoms with Gasteiger partial charge in [-0.2, -0.15) is 0 Å². The molecule has 3 heterocycles. The molecule has 9 heteroatoms. The van der Waals surface area contributed by atoms with Crippen LogP contribution < -0.4 is 28.4 Å². The van der Waals surface area contributed by atoms with E-state index >= 15 is 0 Å². The highest BCUT2D eigenvalue weighted by Gasteiger charge is 2.47. The lowest BCUT2D eigenvalue weighted by atomic mass is 9.93. The third-order valence-electron chi connectivity index (χ3n) is 9.80. The Morgan fingerprint density at radius 2 is 0.569 bits per heavy atom. The van der Waals surface area contributed by atoms with Crippen LogP contribution in [0, 0.1) is 0 Å². The molecule has 1 aliphatic rings. The number of ether oxygens (including phenoxy) is 6. The van der Waals surface area contributed by atoms with Crippen LogP contribution in [0.25, 0.3) is 51.1 Å². The molecular formula is C42H54O6S3+. The molecule has 0 saturated carbocycles. The van der Waals surface area contributed by atoms with Crippen LogP contribution in [0.3, 0.4) is 0 Å². The van der Waals surface area contributed by atoms with E-state index in [9.17, 15) is 0 Å². The first-order valence-electron chi connectivity index (χ1n) is 19.7. The van der Waals surface area contributed by atoms with Crippen LogP contribution in [0.5, 0.6) is 34.5 Å². The highest BCUT2D eigenvalue weighted by molar-refractivity contribution is 7.80. The molecule has 0 fully saturated rings. The van der Waals surface area contributed by atoms with Gasteiger partial charge in [-0.15, -0.1) is 22.7 Å². The van der Waals surface area contributed by atoms with Crippen LogP contribution in [-0.4, -0.2) is 39.6 Å². The number of thiophene rings is 2. The Balaban J connectivity index is 1.62. The summed E-state index contributed by atoms with van der Waals surface area (Å²) in [4.78, 5) is 2.29. The maximum atomic E-state index is 6.82. The van der Waals surface area contributed by atoms with Crippen LogP contribution in [0.15, 0.2) is 9.79 Å². The molecule has 51 heavy (non-hydrogen) atoms. The third-order valence-corrected chi connectivity index (χ3v) is 13.4. The van der Waals surface area contributed by atoms with E-state index in [0.29, 0.717) is 39.6 Å².